The topological polar surface area (TPSA) is 129 Å². The van der Waals surface area contributed by atoms with E-state index in [-0.39, 0.29) is 31.8 Å². The summed E-state index contributed by atoms with van der Waals surface area (Å²) < 4.78 is 65.8. The second-order valence-electron chi connectivity index (χ2n) is 8.82. The van der Waals surface area contributed by atoms with Gasteiger partial charge in [0.1, 0.15) is 10.9 Å². The van der Waals surface area contributed by atoms with E-state index >= 15 is 0 Å². The zero-order valence-electron chi connectivity index (χ0n) is 19.1. The lowest BCUT2D eigenvalue weighted by Crippen LogP contribution is -2.57. The number of pyridine rings is 1. The molecular weight excluding hydrogens is 541 g/mol. The molecule has 1 aromatic heterocycles. The van der Waals surface area contributed by atoms with E-state index in [0.717, 1.165) is 5.56 Å². The van der Waals surface area contributed by atoms with Crippen molar-refractivity contribution in [3.05, 3.63) is 59.4 Å². The maximum absolute atomic E-state index is 13.2. The number of fused-ring (bicyclic) bond motifs is 1. The van der Waals surface area contributed by atoms with Crippen molar-refractivity contribution in [3.63, 3.8) is 0 Å². The number of alkyl halides is 3. The number of nitrogens with zero attached hydrogens (tertiary/aromatic N) is 3. The molecule has 1 spiro atoms. The fourth-order valence-electron chi connectivity index (χ4n) is 4.68. The summed E-state index contributed by atoms with van der Waals surface area (Å²) in [6.07, 6.45) is -1.65. The predicted octanol–water partition coefficient (Wildman–Crippen LogP) is 2.96. The molecule has 3 aliphatic rings. The van der Waals surface area contributed by atoms with Crippen LogP contribution in [0.2, 0.25) is 5.02 Å². The zero-order chi connectivity index (χ0) is 27.0. The van der Waals surface area contributed by atoms with Gasteiger partial charge in [-0.1, -0.05) is 17.7 Å². The number of sulfonamides is 1. The minimum absolute atomic E-state index is 0.232. The largest absolute Gasteiger partial charge is 0.490 e. The number of amides is 2. The molecule has 0 aliphatic carbocycles. The summed E-state index contributed by atoms with van der Waals surface area (Å²) in [4.78, 5) is 27.5. The molecule has 0 unspecified atom stereocenters. The molecule has 1 aromatic carbocycles. The van der Waals surface area contributed by atoms with Crippen molar-refractivity contribution in [1.29, 1.82) is 0 Å². The summed E-state index contributed by atoms with van der Waals surface area (Å²) in [5, 5.41) is 9.93. The average Bonchev–Trinajstić information content (AvgIpc) is 3.20. The Labute approximate surface area is 215 Å². The normalized spacial score (nSPS) is 26.1. The number of carboxylic acids is 1. The van der Waals surface area contributed by atoms with Crippen molar-refractivity contribution >= 4 is 39.3 Å². The van der Waals surface area contributed by atoms with Gasteiger partial charge < -0.3 is 20.1 Å². The van der Waals surface area contributed by atoms with Gasteiger partial charge in [-0.05, 0) is 42.3 Å². The molecule has 15 heteroatoms. The number of carbonyl (C=O) groups is 2. The molecular formula is C22H22ClF3N4O6S. The molecule has 3 fully saturated rings. The SMILES string of the molecule is O=C(Nc1ccc(Cl)cc1)N1C[C@H]2C[C@H]3[C@](C1)(CN(Cc1cccnc1)S3(=O)=O)O2.O=C(O)C(F)(F)F. The lowest BCUT2D eigenvalue weighted by Gasteiger charge is -2.39. The third kappa shape index (κ3) is 5.81. The van der Waals surface area contributed by atoms with Gasteiger partial charge in [0.15, 0.2) is 0 Å². The summed E-state index contributed by atoms with van der Waals surface area (Å²) in [6.45, 7) is 1.09. The fraction of sp³-hybridized carbons (Fsp3) is 0.409. The number of nitrogens with one attached hydrogen (secondary N) is 1. The van der Waals surface area contributed by atoms with Crippen LogP contribution in [0.3, 0.4) is 0 Å². The number of aromatic nitrogens is 1. The van der Waals surface area contributed by atoms with Crippen molar-refractivity contribution in [2.45, 2.75) is 36.1 Å². The Morgan fingerprint density at radius 2 is 1.89 bits per heavy atom. The van der Waals surface area contributed by atoms with E-state index in [1.165, 1.54) is 4.31 Å². The molecule has 2 amide bonds. The van der Waals surface area contributed by atoms with E-state index in [4.69, 9.17) is 26.2 Å². The highest BCUT2D eigenvalue weighted by atomic mass is 35.5. The third-order valence-corrected chi connectivity index (χ3v) is 8.79. The van der Waals surface area contributed by atoms with Crippen LogP contribution >= 0.6 is 11.6 Å². The van der Waals surface area contributed by atoms with E-state index in [2.05, 4.69) is 10.3 Å². The summed E-state index contributed by atoms with van der Waals surface area (Å²) in [5.74, 6) is -2.76. The Morgan fingerprint density at radius 3 is 2.49 bits per heavy atom. The predicted molar refractivity (Wildman–Crippen MR) is 125 cm³/mol. The van der Waals surface area contributed by atoms with E-state index in [1.54, 1.807) is 47.6 Å². The number of halogens is 4. The molecule has 3 aliphatic heterocycles. The lowest BCUT2D eigenvalue weighted by atomic mass is 9.99. The minimum Gasteiger partial charge on any atom is -0.475 e. The van der Waals surface area contributed by atoms with Gasteiger partial charge in [-0.25, -0.2) is 18.0 Å². The van der Waals surface area contributed by atoms with Crippen molar-refractivity contribution < 1.29 is 41.0 Å². The van der Waals surface area contributed by atoms with Crippen LogP contribution in [0, 0.1) is 0 Å². The molecule has 0 saturated carbocycles. The highest BCUT2D eigenvalue weighted by Crippen LogP contribution is 2.47. The standard InChI is InChI=1S/C20H21ClN4O4S.C2HF3O2/c21-15-3-5-16(6-4-15)23-19(26)24-11-17-8-18-20(12-24,29-17)13-25(30(18,27)28)10-14-2-1-7-22-9-14;3-2(4,5)1(6)7/h1-7,9,17-18H,8,10-13H2,(H,23,26);(H,6,7)/t17-,18+,20+;/m1./s1. The number of rotatable bonds is 3. The van der Waals surface area contributed by atoms with Crippen LogP contribution in [-0.4, -0.2) is 82.5 Å². The number of carbonyl (C=O) groups excluding carboxylic acids is 1. The molecule has 37 heavy (non-hydrogen) atoms. The molecule has 2 bridgehead atoms. The smallest absolute Gasteiger partial charge is 0.475 e. The third-order valence-electron chi connectivity index (χ3n) is 6.22. The first-order valence-corrected chi connectivity index (χ1v) is 12.9. The van der Waals surface area contributed by atoms with Gasteiger partial charge in [-0.3, -0.25) is 4.98 Å². The first-order valence-electron chi connectivity index (χ1n) is 11.0. The summed E-state index contributed by atoms with van der Waals surface area (Å²) in [6, 6.07) is 10.2. The maximum atomic E-state index is 13.2. The lowest BCUT2D eigenvalue weighted by molar-refractivity contribution is -0.192. The van der Waals surface area contributed by atoms with Crippen LogP contribution in [0.1, 0.15) is 12.0 Å². The van der Waals surface area contributed by atoms with E-state index < -0.39 is 33.0 Å². The number of morpholine rings is 1. The van der Waals surface area contributed by atoms with Gasteiger partial charge in [0, 0.05) is 42.7 Å². The van der Waals surface area contributed by atoms with Gasteiger partial charge in [0.2, 0.25) is 10.0 Å². The molecule has 10 nitrogen and oxygen atoms in total. The number of urea groups is 1. The first kappa shape index (κ1) is 27.1. The highest BCUT2D eigenvalue weighted by Gasteiger charge is 2.65. The Bertz CT molecular complexity index is 1270. The number of hydrogen-bond acceptors (Lipinski definition) is 6. The molecule has 2 N–H and O–H groups in total. The second-order valence-corrected chi connectivity index (χ2v) is 11.4. The number of likely N-dealkylation sites (tertiary alicyclic amines) is 1. The van der Waals surface area contributed by atoms with E-state index in [0.29, 0.717) is 23.7 Å². The monoisotopic (exact) mass is 562 g/mol. The fourth-order valence-corrected chi connectivity index (χ4v) is 7.09. The first-order chi connectivity index (χ1) is 17.3. The van der Waals surface area contributed by atoms with Crippen LogP contribution in [0.5, 0.6) is 0 Å². The maximum Gasteiger partial charge on any atom is 0.490 e. The number of carboxylic acid groups (broad SMARTS) is 1. The number of ether oxygens (including phenoxy) is 1. The van der Waals surface area contributed by atoms with E-state index in [1.807, 2.05) is 6.07 Å². The number of benzene rings is 1. The molecule has 3 atom stereocenters. The second kappa shape index (κ2) is 10.1. The molecule has 0 radical (unpaired) electrons. The van der Waals surface area contributed by atoms with Crippen LogP contribution in [-0.2, 0) is 26.1 Å². The summed E-state index contributed by atoms with van der Waals surface area (Å²) in [7, 11) is -3.53. The van der Waals surface area contributed by atoms with Crippen molar-refractivity contribution in [1.82, 2.24) is 14.2 Å². The quantitative estimate of drug-likeness (QED) is 0.588. The van der Waals surface area contributed by atoms with Crippen LogP contribution in [0.4, 0.5) is 23.7 Å². The van der Waals surface area contributed by atoms with Gasteiger partial charge in [0.05, 0.1) is 12.6 Å². The van der Waals surface area contributed by atoms with Crippen molar-refractivity contribution in [2.24, 2.45) is 0 Å². The Hall–Kier alpha value is -2.94. The molecule has 4 heterocycles. The van der Waals surface area contributed by atoms with Gasteiger partial charge in [-0.15, -0.1) is 0 Å². The number of anilines is 1. The molecule has 2 aromatic rings. The zero-order valence-corrected chi connectivity index (χ0v) is 20.6. The molecule has 5 rings (SSSR count). The van der Waals surface area contributed by atoms with Crippen LogP contribution < -0.4 is 5.32 Å². The molecule has 200 valence electrons. The summed E-state index contributed by atoms with van der Waals surface area (Å²) >= 11 is 5.90. The number of hydrogen-bond donors (Lipinski definition) is 2. The van der Waals surface area contributed by atoms with Gasteiger partial charge >= 0.3 is 18.2 Å². The van der Waals surface area contributed by atoms with Gasteiger partial charge in [0.25, 0.3) is 0 Å². The Balaban J connectivity index is 0.000000405. The van der Waals surface area contributed by atoms with E-state index in [9.17, 15) is 26.4 Å². The van der Waals surface area contributed by atoms with Crippen molar-refractivity contribution in [2.75, 3.05) is 25.0 Å². The Kier molecular flexibility index (Phi) is 7.38. The van der Waals surface area contributed by atoms with Crippen LogP contribution in [0.25, 0.3) is 0 Å². The average molecular weight is 563 g/mol. The molecule has 3 saturated heterocycles. The van der Waals surface area contributed by atoms with Gasteiger partial charge in [-0.2, -0.15) is 17.5 Å². The summed E-state index contributed by atoms with van der Waals surface area (Å²) in [5.41, 5.74) is 0.554. The minimum atomic E-state index is -5.08. The van der Waals surface area contributed by atoms with Crippen molar-refractivity contribution in [3.8, 4) is 0 Å². The van der Waals surface area contributed by atoms with Crippen LogP contribution in [0.15, 0.2) is 48.8 Å². The highest BCUT2D eigenvalue weighted by molar-refractivity contribution is 7.90. The number of aliphatic carboxylic acids is 1. The Morgan fingerprint density at radius 1 is 1.22 bits per heavy atom.